The molecule has 8 nitrogen and oxygen atoms in total. The molecule has 0 unspecified atom stereocenters. The molecule has 0 amide bonds. The second-order valence-electron chi connectivity index (χ2n) is 12.4. The Morgan fingerprint density at radius 1 is 0.875 bits per heavy atom. The second kappa shape index (κ2) is 15.6. The first-order chi connectivity index (χ1) is 22.7. The number of carbonyl (C=O) groups excluding carboxylic acids is 1. The Morgan fingerprint density at radius 2 is 1.50 bits per heavy atom. The van der Waals surface area contributed by atoms with Gasteiger partial charge in [0.1, 0.15) is 17.1 Å². The molecule has 4 aromatic rings. The standard InChI is InChI=1S/C37H42F3NO7/c1-8-9-24-10-13-26(14-11-24)46-34-32(42)27-15-17-29(47-36(43)25-12-16-30(44-6)31(18-25)45-7)28(33(27)48-35(34)37(38,39)40)21-41(19-22(2)3)20-23(4)5/h10-18,22-23H,8-9,19-21H2,1-7H3. The highest BCUT2D eigenvalue weighted by atomic mass is 19.4. The zero-order chi connectivity index (χ0) is 35.2. The third kappa shape index (κ3) is 8.69. The number of nitrogens with zero attached hydrogens (tertiary/aromatic N) is 1. The molecular weight excluding hydrogens is 627 g/mol. The summed E-state index contributed by atoms with van der Waals surface area (Å²) in [6, 6.07) is 13.7. The number of carbonyl (C=O) groups is 1. The van der Waals surface area contributed by atoms with E-state index in [2.05, 4.69) is 0 Å². The van der Waals surface area contributed by atoms with Crippen LogP contribution in [0.2, 0.25) is 0 Å². The quantitative estimate of drug-likeness (QED) is 0.0972. The van der Waals surface area contributed by atoms with Crippen molar-refractivity contribution in [2.45, 2.75) is 60.2 Å². The molecule has 0 saturated carbocycles. The van der Waals surface area contributed by atoms with Gasteiger partial charge in [-0.2, -0.15) is 13.2 Å². The van der Waals surface area contributed by atoms with Crippen LogP contribution in [0.3, 0.4) is 0 Å². The van der Waals surface area contributed by atoms with Crippen LogP contribution in [0.5, 0.6) is 28.7 Å². The fourth-order valence-corrected chi connectivity index (χ4v) is 5.52. The van der Waals surface area contributed by atoms with Gasteiger partial charge in [0.2, 0.25) is 11.2 Å². The number of alkyl halides is 3. The maximum absolute atomic E-state index is 14.6. The third-order valence-corrected chi connectivity index (χ3v) is 7.47. The minimum Gasteiger partial charge on any atom is -0.493 e. The molecule has 0 bridgehead atoms. The van der Waals surface area contributed by atoms with Crippen LogP contribution in [-0.2, 0) is 19.1 Å². The zero-order valence-corrected chi connectivity index (χ0v) is 28.3. The number of ether oxygens (including phenoxy) is 4. The molecule has 48 heavy (non-hydrogen) atoms. The first kappa shape index (κ1) is 36.3. The molecule has 0 aliphatic rings. The molecule has 11 heteroatoms. The lowest BCUT2D eigenvalue weighted by Crippen LogP contribution is -2.31. The monoisotopic (exact) mass is 669 g/mol. The van der Waals surface area contributed by atoms with Crippen molar-refractivity contribution in [3.8, 4) is 28.7 Å². The number of hydrogen-bond acceptors (Lipinski definition) is 8. The van der Waals surface area contributed by atoms with Crippen LogP contribution in [0.4, 0.5) is 13.2 Å². The van der Waals surface area contributed by atoms with Gasteiger partial charge in [0.05, 0.1) is 30.7 Å². The number of rotatable bonds is 14. The number of aryl methyl sites for hydroxylation is 1. The first-order valence-electron chi connectivity index (χ1n) is 15.9. The van der Waals surface area contributed by atoms with Crippen LogP contribution in [0.1, 0.15) is 68.3 Å². The van der Waals surface area contributed by atoms with Gasteiger partial charge in [-0.25, -0.2) is 4.79 Å². The van der Waals surface area contributed by atoms with Crippen LogP contribution in [-0.4, -0.2) is 38.2 Å². The molecule has 0 N–H and O–H groups in total. The van der Waals surface area contributed by atoms with Crippen molar-refractivity contribution in [1.82, 2.24) is 4.90 Å². The maximum atomic E-state index is 14.6. The van der Waals surface area contributed by atoms with E-state index in [-0.39, 0.29) is 52.0 Å². The molecule has 1 aromatic heterocycles. The van der Waals surface area contributed by atoms with E-state index in [1.807, 2.05) is 39.5 Å². The third-order valence-electron chi connectivity index (χ3n) is 7.47. The molecule has 0 radical (unpaired) electrons. The van der Waals surface area contributed by atoms with Gasteiger partial charge >= 0.3 is 12.1 Å². The Hall–Kier alpha value is -4.51. The molecule has 0 fully saturated rings. The van der Waals surface area contributed by atoms with Gasteiger partial charge in [0, 0.05) is 19.6 Å². The molecular formula is C37H42F3NO7. The minimum atomic E-state index is -5.08. The number of halogens is 3. The lowest BCUT2D eigenvalue weighted by molar-refractivity contribution is -0.154. The topological polar surface area (TPSA) is 87.4 Å². The minimum absolute atomic E-state index is 0.0432. The first-order valence-corrected chi connectivity index (χ1v) is 15.9. The van der Waals surface area contributed by atoms with E-state index in [9.17, 15) is 22.8 Å². The second-order valence-corrected chi connectivity index (χ2v) is 12.4. The highest BCUT2D eigenvalue weighted by Crippen LogP contribution is 2.41. The van der Waals surface area contributed by atoms with Crippen LogP contribution in [0, 0.1) is 11.8 Å². The van der Waals surface area contributed by atoms with E-state index in [0.717, 1.165) is 18.4 Å². The largest absolute Gasteiger partial charge is 0.493 e. The normalized spacial score (nSPS) is 11.9. The Labute approximate surface area is 278 Å². The lowest BCUT2D eigenvalue weighted by atomic mass is 10.1. The summed E-state index contributed by atoms with van der Waals surface area (Å²) in [4.78, 5) is 29.3. The Balaban J connectivity index is 1.90. The van der Waals surface area contributed by atoms with Crippen LogP contribution >= 0.6 is 0 Å². The smallest absolute Gasteiger partial charge is 0.453 e. The Bertz CT molecular complexity index is 1770. The summed E-state index contributed by atoms with van der Waals surface area (Å²) in [5.74, 6) is -2.23. The van der Waals surface area contributed by atoms with E-state index in [0.29, 0.717) is 24.6 Å². The predicted octanol–water partition coefficient (Wildman–Crippen LogP) is 8.91. The number of fused-ring (bicyclic) bond motifs is 1. The van der Waals surface area contributed by atoms with Crippen molar-refractivity contribution < 1.29 is 41.3 Å². The molecule has 0 saturated heterocycles. The zero-order valence-electron chi connectivity index (χ0n) is 28.3. The van der Waals surface area contributed by atoms with Gasteiger partial charge < -0.3 is 23.4 Å². The summed E-state index contributed by atoms with van der Waals surface area (Å²) in [6.45, 7) is 11.3. The summed E-state index contributed by atoms with van der Waals surface area (Å²) >= 11 is 0. The van der Waals surface area contributed by atoms with Crippen molar-refractivity contribution in [3.63, 3.8) is 0 Å². The number of esters is 1. The molecule has 0 aliphatic carbocycles. The van der Waals surface area contributed by atoms with Crippen molar-refractivity contribution in [1.29, 1.82) is 0 Å². The molecule has 3 aromatic carbocycles. The van der Waals surface area contributed by atoms with Crippen LogP contribution in [0.15, 0.2) is 63.8 Å². The fourth-order valence-electron chi connectivity index (χ4n) is 5.52. The number of hydrogen-bond donors (Lipinski definition) is 0. The molecule has 258 valence electrons. The van der Waals surface area contributed by atoms with E-state index in [4.69, 9.17) is 23.4 Å². The van der Waals surface area contributed by atoms with Gasteiger partial charge in [-0.1, -0.05) is 53.2 Å². The van der Waals surface area contributed by atoms with E-state index in [1.54, 1.807) is 12.1 Å². The predicted molar refractivity (Wildman–Crippen MR) is 177 cm³/mol. The summed E-state index contributed by atoms with van der Waals surface area (Å²) in [7, 11) is 2.88. The fraction of sp³-hybridized carbons (Fsp3) is 0.405. The van der Waals surface area contributed by atoms with Crippen LogP contribution < -0.4 is 24.4 Å². The summed E-state index contributed by atoms with van der Waals surface area (Å²) in [6.07, 6.45) is -3.39. The van der Waals surface area contributed by atoms with E-state index >= 15 is 0 Å². The summed E-state index contributed by atoms with van der Waals surface area (Å²) < 4.78 is 71.3. The number of methoxy groups -OCH3 is 2. The van der Waals surface area contributed by atoms with E-state index in [1.165, 1.54) is 56.7 Å². The Morgan fingerprint density at radius 3 is 2.06 bits per heavy atom. The highest BCUT2D eigenvalue weighted by Gasteiger charge is 2.41. The number of benzene rings is 3. The average molecular weight is 670 g/mol. The highest BCUT2D eigenvalue weighted by molar-refractivity contribution is 5.93. The van der Waals surface area contributed by atoms with Crippen molar-refractivity contribution >= 4 is 16.9 Å². The molecule has 0 aliphatic heterocycles. The maximum Gasteiger partial charge on any atom is 0.453 e. The summed E-state index contributed by atoms with van der Waals surface area (Å²) in [5.41, 5.74) is -0.113. The molecule has 0 atom stereocenters. The van der Waals surface area contributed by atoms with Gasteiger partial charge in [0.15, 0.2) is 11.5 Å². The summed E-state index contributed by atoms with van der Waals surface area (Å²) in [5, 5.41) is -0.143. The molecule has 1 heterocycles. The van der Waals surface area contributed by atoms with E-state index < -0.39 is 29.1 Å². The van der Waals surface area contributed by atoms with Crippen molar-refractivity contribution in [3.05, 3.63) is 87.3 Å². The lowest BCUT2D eigenvalue weighted by Gasteiger charge is -2.27. The van der Waals surface area contributed by atoms with Gasteiger partial charge in [0.25, 0.3) is 5.76 Å². The molecule has 4 rings (SSSR count). The van der Waals surface area contributed by atoms with Gasteiger partial charge in [-0.15, -0.1) is 0 Å². The van der Waals surface area contributed by atoms with Gasteiger partial charge in [-0.05, 0) is 66.3 Å². The van der Waals surface area contributed by atoms with Crippen molar-refractivity contribution in [2.24, 2.45) is 11.8 Å². The average Bonchev–Trinajstić information content (AvgIpc) is 3.02. The molecule has 0 spiro atoms. The Kier molecular flexibility index (Phi) is 11.8. The van der Waals surface area contributed by atoms with Crippen molar-refractivity contribution in [2.75, 3.05) is 27.3 Å². The van der Waals surface area contributed by atoms with Crippen LogP contribution in [0.25, 0.3) is 11.0 Å². The van der Waals surface area contributed by atoms with Gasteiger partial charge in [-0.3, -0.25) is 9.69 Å². The SMILES string of the molecule is CCCc1ccc(Oc2c(C(F)(F)F)oc3c(CN(CC(C)C)CC(C)C)c(OC(=O)c4ccc(OC)c(OC)c4)ccc3c2=O)cc1.